The van der Waals surface area contributed by atoms with E-state index in [1.165, 1.54) is 0 Å². The third kappa shape index (κ3) is 2.20. The third-order valence-electron chi connectivity index (χ3n) is 2.40. The highest BCUT2D eigenvalue weighted by molar-refractivity contribution is 5.12. The molecule has 1 aromatic rings. The summed E-state index contributed by atoms with van der Waals surface area (Å²) < 4.78 is 5.20. The molecule has 2 nitrogen and oxygen atoms in total. The Labute approximate surface area is 78.6 Å². The van der Waals surface area contributed by atoms with Crippen molar-refractivity contribution in [1.29, 1.82) is 0 Å². The van der Waals surface area contributed by atoms with E-state index >= 15 is 0 Å². The largest absolute Gasteiger partial charge is 0.427 e. The molecule has 0 N–H and O–H groups in total. The molecule has 0 spiro atoms. The van der Waals surface area contributed by atoms with E-state index in [0.717, 1.165) is 24.2 Å². The first-order valence-electron chi connectivity index (χ1n) is 4.82. The molecule has 0 fully saturated rings. The summed E-state index contributed by atoms with van der Waals surface area (Å²) in [5, 5.41) is 0. The number of rotatable bonds is 3. The molecular weight excluding hydrogens is 164 g/mol. The summed E-state index contributed by atoms with van der Waals surface area (Å²) in [6, 6.07) is 3.78. The van der Waals surface area contributed by atoms with E-state index in [1.54, 1.807) is 0 Å². The van der Waals surface area contributed by atoms with Gasteiger partial charge in [0.15, 0.2) is 0 Å². The van der Waals surface area contributed by atoms with Gasteiger partial charge in [0, 0.05) is 11.5 Å². The summed E-state index contributed by atoms with van der Waals surface area (Å²) in [5.74, 6) is 1.13. The Hall–Kier alpha value is -1.05. The molecule has 0 aromatic carbocycles. The van der Waals surface area contributed by atoms with Crippen LogP contribution in [-0.2, 0) is 6.42 Å². The molecule has 0 saturated heterocycles. The zero-order valence-electron chi connectivity index (χ0n) is 8.46. The summed E-state index contributed by atoms with van der Waals surface area (Å²) in [6.07, 6.45) is 1.73. The molecular formula is C11H16O2. The van der Waals surface area contributed by atoms with Crippen LogP contribution in [0.15, 0.2) is 21.3 Å². The van der Waals surface area contributed by atoms with Crippen molar-refractivity contribution in [1.82, 2.24) is 0 Å². The van der Waals surface area contributed by atoms with Crippen molar-refractivity contribution in [3.63, 3.8) is 0 Å². The second-order valence-electron chi connectivity index (χ2n) is 3.31. The van der Waals surface area contributed by atoms with Crippen LogP contribution >= 0.6 is 0 Å². The van der Waals surface area contributed by atoms with Gasteiger partial charge in [-0.2, -0.15) is 0 Å². The lowest BCUT2D eigenvalue weighted by molar-refractivity contribution is 0.421. The smallest absolute Gasteiger partial charge is 0.339 e. The van der Waals surface area contributed by atoms with Crippen LogP contribution in [0.4, 0.5) is 0 Å². The fourth-order valence-electron chi connectivity index (χ4n) is 1.19. The van der Waals surface area contributed by atoms with Crippen LogP contribution in [0.25, 0.3) is 0 Å². The lowest BCUT2D eigenvalue weighted by atomic mass is 10.1. The fourth-order valence-corrected chi connectivity index (χ4v) is 1.19. The highest BCUT2D eigenvalue weighted by Gasteiger charge is 2.07. The maximum atomic E-state index is 11.3. The summed E-state index contributed by atoms with van der Waals surface area (Å²) in [7, 11) is 0. The molecule has 0 aliphatic carbocycles. The standard InChI is InChI=1S/C11H16O2/c1-4-8(3)10-7-6-9(5-2)11(12)13-10/h6-8H,4-5H2,1-3H3. The van der Waals surface area contributed by atoms with Gasteiger partial charge in [-0.25, -0.2) is 4.79 Å². The summed E-state index contributed by atoms with van der Waals surface area (Å²) in [6.45, 7) is 6.09. The van der Waals surface area contributed by atoms with Crippen molar-refractivity contribution in [2.45, 2.75) is 39.5 Å². The van der Waals surface area contributed by atoms with Gasteiger partial charge < -0.3 is 4.42 Å². The lowest BCUT2D eigenvalue weighted by Gasteiger charge is -2.06. The average Bonchev–Trinajstić information content (AvgIpc) is 2.16. The Bertz CT molecular complexity index is 325. The quantitative estimate of drug-likeness (QED) is 0.716. The molecule has 1 atom stereocenters. The molecule has 0 saturated carbocycles. The van der Waals surface area contributed by atoms with Crippen LogP contribution < -0.4 is 5.63 Å². The summed E-state index contributed by atoms with van der Waals surface area (Å²) in [4.78, 5) is 11.3. The molecule has 0 aliphatic heterocycles. The van der Waals surface area contributed by atoms with Crippen LogP contribution in [0.2, 0.25) is 0 Å². The monoisotopic (exact) mass is 180 g/mol. The van der Waals surface area contributed by atoms with Crippen LogP contribution in [0.5, 0.6) is 0 Å². The second kappa shape index (κ2) is 4.26. The maximum absolute atomic E-state index is 11.3. The van der Waals surface area contributed by atoms with Gasteiger partial charge >= 0.3 is 5.63 Å². The van der Waals surface area contributed by atoms with Crippen molar-refractivity contribution in [2.75, 3.05) is 0 Å². The van der Waals surface area contributed by atoms with Crippen molar-refractivity contribution >= 4 is 0 Å². The van der Waals surface area contributed by atoms with Crippen LogP contribution in [0.3, 0.4) is 0 Å². The van der Waals surface area contributed by atoms with E-state index in [4.69, 9.17) is 4.42 Å². The maximum Gasteiger partial charge on any atom is 0.339 e. The van der Waals surface area contributed by atoms with E-state index in [9.17, 15) is 4.79 Å². The fraction of sp³-hybridized carbons (Fsp3) is 0.545. The highest BCUT2D eigenvalue weighted by Crippen LogP contribution is 2.16. The summed E-state index contributed by atoms with van der Waals surface area (Å²) >= 11 is 0. The molecule has 2 heteroatoms. The van der Waals surface area contributed by atoms with Gasteiger partial charge in [-0.05, 0) is 25.0 Å². The van der Waals surface area contributed by atoms with Crippen molar-refractivity contribution in [3.05, 3.63) is 33.9 Å². The molecule has 0 radical (unpaired) electrons. The molecule has 1 unspecified atom stereocenters. The van der Waals surface area contributed by atoms with Crippen molar-refractivity contribution in [2.24, 2.45) is 0 Å². The van der Waals surface area contributed by atoms with Crippen LogP contribution in [-0.4, -0.2) is 0 Å². The average molecular weight is 180 g/mol. The van der Waals surface area contributed by atoms with E-state index in [1.807, 2.05) is 19.1 Å². The zero-order chi connectivity index (χ0) is 9.84. The van der Waals surface area contributed by atoms with Gasteiger partial charge in [0.1, 0.15) is 5.76 Å². The highest BCUT2D eigenvalue weighted by atomic mass is 16.4. The van der Waals surface area contributed by atoms with Gasteiger partial charge in [-0.1, -0.05) is 20.8 Å². The molecule has 1 aromatic heterocycles. The molecule has 1 heterocycles. The number of aryl methyl sites for hydroxylation is 1. The first kappa shape index (κ1) is 10.0. The molecule has 1 rings (SSSR count). The normalized spacial score (nSPS) is 12.8. The minimum atomic E-state index is -0.180. The van der Waals surface area contributed by atoms with Crippen LogP contribution in [0.1, 0.15) is 44.4 Å². The SMILES string of the molecule is CCc1ccc(C(C)CC)oc1=O. The van der Waals surface area contributed by atoms with Gasteiger partial charge in [0.2, 0.25) is 0 Å². The van der Waals surface area contributed by atoms with Gasteiger partial charge in [-0.3, -0.25) is 0 Å². The Morgan fingerprint density at radius 1 is 1.38 bits per heavy atom. The first-order chi connectivity index (χ1) is 6.19. The number of hydrogen-bond acceptors (Lipinski definition) is 2. The Kier molecular flexibility index (Phi) is 3.29. The van der Waals surface area contributed by atoms with E-state index in [2.05, 4.69) is 13.8 Å². The molecule has 0 bridgehead atoms. The molecule has 0 aliphatic rings. The molecule has 72 valence electrons. The predicted octanol–water partition coefficient (Wildman–Crippen LogP) is 2.72. The predicted molar refractivity (Wildman–Crippen MR) is 53.1 cm³/mol. The van der Waals surface area contributed by atoms with Crippen molar-refractivity contribution in [3.8, 4) is 0 Å². The molecule has 0 amide bonds. The van der Waals surface area contributed by atoms with E-state index in [0.29, 0.717) is 5.92 Å². The Morgan fingerprint density at radius 3 is 2.54 bits per heavy atom. The van der Waals surface area contributed by atoms with E-state index < -0.39 is 0 Å². The van der Waals surface area contributed by atoms with Gasteiger partial charge in [0.25, 0.3) is 0 Å². The minimum absolute atomic E-state index is 0.180. The first-order valence-corrected chi connectivity index (χ1v) is 4.82. The lowest BCUT2D eigenvalue weighted by Crippen LogP contribution is -2.08. The van der Waals surface area contributed by atoms with Gasteiger partial charge in [0.05, 0.1) is 0 Å². The Morgan fingerprint density at radius 2 is 2.08 bits per heavy atom. The second-order valence-corrected chi connectivity index (χ2v) is 3.31. The summed E-state index contributed by atoms with van der Waals surface area (Å²) in [5.41, 5.74) is 0.576. The van der Waals surface area contributed by atoms with Crippen LogP contribution in [0, 0.1) is 0 Å². The van der Waals surface area contributed by atoms with E-state index in [-0.39, 0.29) is 5.63 Å². The topological polar surface area (TPSA) is 30.2 Å². The zero-order valence-corrected chi connectivity index (χ0v) is 8.46. The van der Waals surface area contributed by atoms with Gasteiger partial charge in [-0.15, -0.1) is 0 Å². The Balaban J connectivity index is 3.03. The minimum Gasteiger partial charge on any atom is -0.427 e. The third-order valence-corrected chi connectivity index (χ3v) is 2.40. The number of hydrogen-bond donors (Lipinski definition) is 0. The van der Waals surface area contributed by atoms with Crippen molar-refractivity contribution < 1.29 is 4.42 Å². The molecule has 13 heavy (non-hydrogen) atoms.